The monoisotopic (exact) mass is 608 g/mol. The van der Waals surface area contributed by atoms with E-state index in [4.69, 9.17) is 0 Å². The zero-order chi connectivity index (χ0) is 32.3. The van der Waals surface area contributed by atoms with E-state index in [0.717, 1.165) is 13.1 Å². The molecule has 0 N–H and O–H groups in total. The third-order valence-corrected chi connectivity index (χ3v) is 9.30. The Morgan fingerprint density at radius 3 is 1.57 bits per heavy atom. The van der Waals surface area contributed by atoms with Crippen LogP contribution in [0.4, 0.5) is 0 Å². The summed E-state index contributed by atoms with van der Waals surface area (Å²) < 4.78 is 4.76. The van der Waals surface area contributed by atoms with Gasteiger partial charge in [-0.2, -0.15) is 0 Å². The second-order valence-electron chi connectivity index (χ2n) is 12.1. The molecule has 7 rings (SSSR count). The van der Waals surface area contributed by atoms with Crippen LogP contribution in [0.15, 0.2) is 128 Å². The van der Waals surface area contributed by atoms with Crippen molar-refractivity contribution < 1.29 is 0 Å². The summed E-state index contributed by atoms with van der Waals surface area (Å²) in [6.07, 6.45) is 14.8. The highest BCUT2D eigenvalue weighted by Gasteiger charge is 2.12. The lowest BCUT2D eigenvalue weighted by Crippen LogP contribution is -1.96. The Morgan fingerprint density at radius 1 is 0.511 bits per heavy atom. The molecule has 0 atom stereocenters. The summed E-state index contributed by atoms with van der Waals surface area (Å²) in [6, 6.07) is 39.8. The Balaban J connectivity index is 1.05. The van der Waals surface area contributed by atoms with Crippen LogP contribution < -0.4 is 0 Å². The van der Waals surface area contributed by atoms with E-state index in [9.17, 15) is 0 Å². The fourth-order valence-electron chi connectivity index (χ4n) is 6.85. The van der Waals surface area contributed by atoms with Gasteiger partial charge in [-0.1, -0.05) is 122 Å². The van der Waals surface area contributed by atoms with Gasteiger partial charge in [-0.3, -0.25) is 0 Å². The van der Waals surface area contributed by atoms with Gasteiger partial charge in [-0.15, -0.1) is 0 Å². The molecule has 2 heterocycles. The average molecular weight is 609 g/mol. The minimum atomic E-state index is 0.936. The summed E-state index contributed by atoms with van der Waals surface area (Å²) in [5.74, 6) is 0. The summed E-state index contributed by atoms with van der Waals surface area (Å²) in [6.45, 7) is 12.3. The highest BCUT2D eigenvalue weighted by molar-refractivity contribution is 6.08. The fourth-order valence-corrected chi connectivity index (χ4v) is 6.85. The van der Waals surface area contributed by atoms with Gasteiger partial charge in [-0.05, 0) is 96.1 Å². The number of aromatic nitrogens is 2. The second-order valence-corrected chi connectivity index (χ2v) is 12.1. The van der Waals surface area contributed by atoms with Crippen LogP contribution in [0.25, 0.3) is 74.2 Å². The Kier molecular flexibility index (Phi) is 8.33. The second kappa shape index (κ2) is 13.0. The summed E-state index contributed by atoms with van der Waals surface area (Å²) >= 11 is 0. The van der Waals surface area contributed by atoms with Crippen LogP contribution in [0.5, 0.6) is 0 Å². The quantitative estimate of drug-likeness (QED) is 0.114. The molecule has 0 amide bonds. The molecule has 2 nitrogen and oxygen atoms in total. The van der Waals surface area contributed by atoms with Crippen LogP contribution in [-0.2, 0) is 13.1 Å². The van der Waals surface area contributed by atoms with E-state index in [0.29, 0.717) is 0 Å². The first-order valence-electron chi connectivity index (χ1n) is 16.6. The summed E-state index contributed by atoms with van der Waals surface area (Å²) in [4.78, 5) is 0. The van der Waals surface area contributed by atoms with Crippen molar-refractivity contribution >= 4 is 63.1 Å². The van der Waals surface area contributed by atoms with E-state index in [1.165, 1.54) is 77.3 Å². The van der Waals surface area contributed by atoms with Crippen molar-refractivity contribution in [1.29, 1.82) is 0 Å². The number of rotatable bonds is 9. The van der Waals surface area contributed by atoms with Crippen molar-refractivity contribution in [1.82, 2.24) is 9.13 Å². The molecular weight excluding hydrogens is 569 g/mol. The molecule has 0 spiro atoms. The molecule has 0 saturated heterocycles. The van der Waals surface area contributed by atoms with Crippen LogP contribution >= 0.6 is 0 Å². The first kappa shape index (κ1) is 30.1. The molecule has 2 aromatic heterocycles. The first-order chi connectivity index (χ1) is 23.1. The van der Waals surface area contributed by atoms with Gasteiger partial charge in [0, 0.05) is 51.5 Å². The van der Waals surface area contributed by atoms with Crippen molar-refractivity contribution in [2.24, 2.45) is 0 Å². The number of hydrogen-bond acceptors (Lipinski definition) is 0. The first-order valence-corrected chi connectivity index (χ1v) is 16.6. The number of aryl methyl sites for hydroxylation is 3. The molecule has 0 aliphatic heterocycles. The van der Waals surface area contributed by atoms with Crippen LogP contribution in [-0.4, -0.2) is 9.13 Å². The van der Waals surface area contributed by atoms with E-state index < -0.39 is 0 Å². The van der Waals surface area contributed by atoms with E-state index in [-0.39, 0.29) is 0 Å². The standard InChI is InChI=1S/C45H40N2/c1-5-8-12-42-32(4)40-30-35(22-28-44(40)46(42)6-2)16-14-33-18-24-37(25-19-33)38-26-20-34(21-27-38)15-17-36-23-29-45-41(31-36)39-11-9-10-13-43(39)47(45)7-3/h5,8-31H,1,6-7H2,2-4H3/b12-8-,16-14+,17-15+. The SMILES string of the molecule is C=C/C=C\c1c(C)c2cc(/C=C/c3ccc(-c4ccc(/C=C/c5ccc6c(c5)c5ccccc5n6CC)cc4)cc3)ccc2n1CC. The van der Waals surface area contributed by atoms with Crippen LogP contribution in [0.3, 0.4) is 0 Å². The molecule has 0 aliphatic rings. The number of para-hydroxylation sites is 1. The maximum atomic E-state index is 3.83. The zero-order valence-electron chi connectivity index (χ0n) is 27.4. The molecule has 0 unspecified atom stereocenters. The van der Waals surface area contributed by atoms with E-state index in [2.05, 4.69) is 176 Å². The van der Waals surface area contributed by atoms with Gasteiger partial charge in [0.2, 0.25) is 0 Å². The molecule has 2 heteroatoms. The van der Waals surface area contributed by atoms with Gasteiger partial charge in [0.1, 0.15) is 0 Å². The Morgan fingerprint density at radius 2 is 1.00 bits per heavy atom. The summed E-state index contributed by atoms with van der Waals surface area (Å²) in [5, 5.41) is 3.93. The van der Waals surface area contributed by atoms with Crippen LogP contribution in [0, 0.1) is 6.92 Å². The summed E-state index contributed by atoms with van der Waals surface area (Å²) in [5.41, 5.74) is 13.6. The predicted octanol–water partition coefficient (Wildman–Crippen LogP) is 12.3. The van der Waals surface area contributed by atoms with Crippen molar-refractivity contribution in [2.75, 3.05) is 0 Å². The lowest BCUT2D eigenvalue weighted by molar-refractivity contribution is 0.787. The van der Waals surface area contributed by atoms with E-state index in [1.54, 1.807) is 0 Å². The molecule has 0 fully saturated rings. The minimum Gasteiger partial charge on any atom is -0.341 e. The Hall–Kier alpha value is -5.60. The maximum absolute atomic E-state index is 3.83. The average Bonchev–Trinajstić information content (AvgIpc) is 3.59. The molecule has 0 radical (unpaired) electrons. The molecule has 0 aliphatic carbocycles. The van der Waals surface area contributed by atoms with Gasteiger partial charge >= 0.3 is 0 Å². The van der Waals surface area contributed by atoms with Gasteiger partial charge in [0.15, 0.2) is 0 Å². The Bertz CT molecular complexity index is 2320. The number of nitrogens with zero attached hydrogens (tertiary/aromatic N) is 2. The highest BCUT2D eigenvalue weighted by atomic mass is 15.0. The van der Waals surface area contributed by atoms with Crippen LogP contribution in [0.2, 0.25) is 0 Å². The number of hydrogen-bond donors (Lipinski definition) is 0. The van der Waals surface area contributed by atoms with E-state index >= 15 is 0 Å². The molecule has 47 heavy (non-hydrogen) atoms. The van der Waals surface area contributed by atoms with Crippen molar-refractivity contribution in [3.63, 3.8) is 0 Å². The third-order valence-electron chi connectivity index (χ3n) is 9.30. The molecule has 5 aromatic carbocycles. The van der Waals surface area contributed by atoms with Crippen molar-refractivity contribution in [3.8, 4) is 11.1 Å². The van der Waals surface area contributed by atoms with Crippen molar-refractivity contribution in [3.05, 3.63) is 161 Å². The smallest absolute Gasteiger partial charge is 0.0491 e. The fraction of sp³-hybridized carbons (Fsp3) is 0.111. The molecule has 0 bridgehead atoms. The molecule has 0 saturated carbocycles. The number of allylic oxidation sites excluding steroid dienone is 2. The van der Waals surface area contributed by atoms with Gasteiger partial charge < -0.3 is 9.13 Å². The highest BCUT2D eigenvalue weighted by Crippen LogP contribution is 2.31. The van der Waals surface area contributed by atoms with Gasteiger partial charge in [0.05, 0.1) is 0 Å². The third kappa shape index (κ3) is 5.79. The molecule has 7 aromatic rings. The number of benzene rings is 5. The molecule has 230 valence electrons. The normalized spacial score (nSPS) is 12.1. The predicted molar refractivity (Wildman–Crippen MR) is 206 cm³/mol. The number of fused-ring (bicyclic) bond motifs is 4. The maximum Gasteiger partial charge on any atom is 0.0491 e. The lowest BCUT2D eigenvalue weighted by atomic mass is 10.0. The topological polar surface area (TPSA) is 9.86 Å². The largest absolute Gasteiger partial charge is 0.341 e. The van der Waals surface area contributed by atoms with Gasteiger partial charge in [-0.25, -0.2) is 0 Å². The Labute approximate surface area is 277 Å². The van der Waals surface area contributed by atoms with Crippen LogP contribution in [0.1, 0.15) is 47.4 Å². The van der Waals surface area contributed by atoms with E-state index in [1.807, 2.05) is 12.2 Å². The van der Waals surface area contributed by atoms with Gasteiger partial charge in [0.25, 0.3) is 0 Å². The summed E-state index contributed by atoms with van der Waals surface area (Å²) in [7, 11) is 0. The molecular formula is C45H40N2. The van der Waals surface area contributed by atoms with Crippen molar-refractivity contribution in [2.45, 2.75) is 33.9 Å². The lowest BCUT2D eigenvalue weighted by Gasteiger charge is -2.05. The zero-order valence-corrected chi connectivity index (χ0v) is 27.4. The minimum absolute atomic E-state index is 0.936.